The number of sulfonamides is 1. The molecule has 41 heavy (non-hydrogen) atoms. The molecule has 0 saturated carbocycles. The summed E-state index contributed by atoms with van der Waals surface area (Å²) in [5.74, 6) is -1.01. The standard InChI is InChI=1S/C29H31Cl4N3O4S/c1-5-19(3)34-29(38)20(4)35(16-21-8-11-26(32)27(33)12-21)28(37)17-36(24-14-22(30)13-23(31)15-24)41(39,40)25-9-6-18(2)7-10-25/h6-15,19-20H,5,16-17H2,1-4H3,(H,34,38)/t19-,20+/m1/s1. The van der Waals surface area contributed by atoms with Crippen LogP contribution in [-0.2, 0) is 26.2 Å². The Kier molecular flexibility index (Phi) is 11.4. The second-order valence-corrected chi connectivity index (χ2v) is 13.3. The first-order chi connectivity index (χ1) is 19.2. The third-order valence-electron chi connectivity index (χ3n) is 6.53. The normalized spacial score (nSPS) is 12.9. The molecule has 12 heteroatoms. The number of carbonyl (C=O) groups excluding carboxylic acids is 2. The number of carbonyl (C=O) groups is 2. The topological polar surface area (TPSA) is 86.8 Å². The van der Waals surface area contributed by atoms with E-state index in [0.717, 1.165) is 9.87 Å². The van der Waals surface area contributed by atoms with Gasteiger partial charge in [0.1, 0.15) is 12.6 Å². The molecule has 2 atom stereocenters. The van der Waals surface area contributed by atoms with Crippen molar-refractivity contribution in [2.24, 2.45) is 0 Å². The van der Waals surface area contributed by atoms with E-state index in [0.29, 0.717) is 17.0 Å². The van der Waals surface area contributed by atoms with Crippen LogP contribution in [0, 0.1) is 6.92 Å². The van der Waals surface area contributed by atoms with Crippen molar-refractivity contribution in [3.8, 4) is 0 Å². The number of nitrogens with one attached hydrogen (secondary N) is 1. The van der Waals surface area contributed by atoms with E-state index >= 15 is 0 Å². The molecule has 0 aliphatic carbocycles. The summed E-state index contributed by atoms with van der Waals surface area (Å²) in [5, 5.41) is 3.89. The van der Waals surface area contributed by atoms with Crippen LogP contribution < -0.4 is 9.62 Å². The highest BCUT2D eigenvalue weighted by Crippen LogP contribution is 2.30. The second-order valence-electron chi connectivity index (χ2n) is 9.72. The van der Waals surface area contributed by atoms with E-state index in [4.69, 9.17) is 46.4 Å². The summed E-state index contributed by atoms with van der Waals surface area (Å²) in [5.41, 5.74) is 1.57. The van der Waals surface area contributed by atoms with Gasteiger partial charge in [-0.3, -0.25) is 13.9 Å². The minimum absolute atomic E-state index is 0.0226. The number of anilines is 1. The Morgan fingerprint density at radius 1 is 0.878 bits per heavy atom. The monoisotopic (exact) mass is 657 g/mol. The van der Waals surface area contributed by atoms with Crippen LogP contribution in [0.1, 0.15) is 38.3 Å². The SMILES string of the molecule is CC[C@@H](C)NC(=O)[C@H](C)N(Cc1ccc(Cl)c(Cl)c1)C(=O)CN(c1cc(Cl)cc(Cl)c1)S(=O)(=O)c1ccc(C)cc1. The summed E-state index contributed by atoms with van der Waals surface area (Å²) >= 11 is 24.7. The number of amides is 2. The van der Waals surface area contributed by atoms with Gasteiger partial charge in [0, 0.05) is 22.6 Å². The Balaban J connectivity index is 2.07. The van der Waals surface area contributed by atoms with Crippen LogP contribution in [0.2, 0.25) is 20.1 Å². The lowest BCUT2D eigenvalue weighted by molar-refractivity contribution is -0.139. The van der Waals surface area contributed by atoms with Crippen LogP contribution >= 0.6 is 46.4 Å². The van der Waals surface area contributed by atoms with Gasteiger partial charge in [0.2, 0.25) is 11.8 Å². The average Bonchev–Trinajstić information content (AvgIpc) is 2.91. The highest BCUT2D eigenvalue weighted by molar-refractivity contribution is 7.92. The van der Waals surface area contributed by atoms with Crippen molar-refractivity contribution < 1.29 is 18.0 Å². The number of halogens is 4. The minimum Gasteiger partial charge on any atom is -0.352 e. The van der Waals surface area contributed by atoms with Crippen molar-refractivity contribution >= 4 is 73.9 Å². The smallest absolute Gasteiger partial charge is 0.264 e. The van der Waals surface area contributed by atoms with E-state index in [1.807, 2.05) is 20.8 Å². The minimum atomic E-state index is -4.26. The molecule has 1 N–H and O–H groups in total. The number of aryl methyl sites for hydroxylation is 1. The molecule has 0 bridgehead atoms. The van der Waals surface area contributed by atoms with Gasteiger partial charge < -0.3 is 10.2 Å². The van der Waals surface area contributed by atoms with Gasteiger partial charge in [0.15, 0.2) is 0 Å². The molecule has 3 rings (SSSR count). The van der Waals surface area contributed by atoms with Crippen LogP contribution in [-0.4, -0.2) is 43.8 Å². The summed E-state index contributed by atoms with van der Waals surface area (Å²) in [4.78, 5) is 28.4. The van der Waals surface area contributed by atoms with E-state index < -0.39 is 28.5 Å². The summed E-state index contributed by atoms with van der Waals surface area (Å²) in [6, 6.07) is 14.3. The number of benzene rings is 3. The lowest BCUT2D eigenvalue weighted by Crippen LogP contribution is -2.52. The molecule has 0 radical (unpaired) electrons. The van der Waals surface area contributed by atoms with Crippen molar-refractivity contribution in [2.75, 3.05) is 10.8 Å². The Hall–Kier alpha value is -2.49. The van der Waals surface area contributed by atoms with Crippen LogP contribution in [0.25, 0.3) is 0 Å². The molecule has 0 fully saturated rings. The van der Waals surface area contributed by atoms with E-state index in [1.165, 1.54) is 35.2 Å². The number of nitrogens with zero attached hydrogens (tertiary/aromatic N) is 2. The summed E-state index contributed by atoms with van der Waals surface area (Å²) in [6.07, 6.45) is 0.692. The lowest BCUT2D eigenvalue weighted by atomic mass is 10.1. The first-order valence-corrected chi connectivity index (χ1v) is 15.8. The third kappa shape index (κ3) is 8.52. The van der Waals surface area contributed by atoms with E-state index in [-0.39, 0.29) is 44.1 Å². The van der Waals surface area contributed by atoms with Crippen molar-refractivity contribution in [3.63, 3.8) is 0 Å². The Morgan fingerprint density at radius 2 is 1.49 bits per heavy atom. The number of hydrogen-bond donors (Lipinski definition) is 1. The first kappa shape index (κ1) is 33.0. The summed E-state index contributed by atoms with van der Waals surface area (Å²) < 4.78 is 28.8. The van der Waals surface area contributed by atoms with Crippen molar-refractivity contribution in [1.29, 1.82) is 0 Å². The summed E-state index contributed by atoms with van der Waals surface area (Å²) in [7, 11) is -4.26. The third-order valence-corrected chi connectivity index (χ3v) is 9.49. The maximum atomic E-state index is 14.0. The predicted octanol–water partition coefficient (Wildman–Crippen LogP) is 7.14. The van der Waals surface area contributed by atoms with E-state index in [9.17, 15) is 18.0 Å². The van der Waals surface area contributed by atoms with Gasteiger partial charge in [-0.25, -0.2) is 8.42 Å². The van der Waals surface area contributed by atoms with Crippen molar-refractivity contribution in [1.82, 2.24) is 10.2 Å². The molecule has 0 aliphatic rings. The maximum Gasteiger partial charge on any atom is 0.264 e. The number of hydrogen-bond acceptors (Lipinski definition) is 4. The quantitative estimate of drug-likeness (QED) is 0.237. The summed E-state index contributed by atoms with van der Waals surface area (Å²) in [6.45, 7) is 6.55. The first-order valence-electron chi connectivity index (χ1n) is 12.8. The molecule has 0 heterocycles. The predicted molar refractivity (Wildman–Crippen MR) is 167 cm³/mol. The fourth-order valence-electron chi connectivity index (χ4n) is 3.93. The molecule has 3 aromatic rings. The number of rotatable bonds is 11. The van der Waals surface area contributed by atoms with Crippen LogP contribution in [0.3, 0.4) is 0 Å². The fourth-order valence-corrected chi connectivity index (χ4v) is 6.17. The molecule has 0 spiro atoms. The van der Waals surface area contributed by atoms with Gasteiger partial charge in [-0.1, -0.05) is 77.1 Å². The Labute approximate surface area is 261 Å². The molecule has 0 aliphatic heterocycles. The molecule has 0 unspecified atom stereocenters. The van der Waals surface area contributed by atoms with Gasteiger partial charge in [-0.2, -0.15) is 0 Å². The van der Waals surface area contributed by atoms with Gasteiger partial charge in [0.05, 0.1) is 20.6 Å². The van der Waals surface area contributed by atoms with Gasteiger partial charge in [0.25, 0.3) is 10.0 Å². The van der Waals surface area contributed by atoms with Crippen LogP contribution in [0.5, 0.6) is 0 Å². The molecule has 0 aromatic heterocycles. The van der Waals surface area contributed by atoms with Gasteiger partial charge >= 0.3 is 0 Å². The van der Waals surface area contributed by atoms with Crippen LogP contribution in [0.4, 0.5) is 5.69 Å². The largest absolute Gasteiger partial charge is 0.352 e. The van der Waals surface area contributed by atoms with Gasteiger partial charge in [-0.15, -0.1) is 0 Å². The zero-order valence-electron chi connectivity index (χ0n) is 23.0. The molecular formula is C29H31Cl4N3O4S. The van der Waals surface area contributed by atoms with Crippen LogP contribution in [0.15, 0.2) is 65.6 Å². The highest BCUT2D eigenvalue weighted by Gasteiger charge is 2.33. The zero-order chi connectivity index (χ0) is 30.5. The lowest BCUT2D eigenvalue weighted by Gasteiger charge is -2.32. The average molecular weight is 659 g/mol. The molecule has 2 amide bonds. The van der Waals surface area contributed by atoms with Gasteiger partial charge in [-0.05, 0) is 75.2 Å². The zero-order valence-corrected chi connectivity index (χ0v) is 26.8. The maximum absolute atomic E-state index is 14.0. The molecule has 0 saturated heterocycles. The second kappa shape index (κ2) is 14.1. The van der Waals surface area contributed by atoms with E-state index in [1.54, 1.807) is 37.3 Å². The van der Waals surface area contributed by atoms with Crippen molar-refractivity contribution in [2.45, 2.75) is 57.6 Å². The van der Waals surface area contributed by atoms with E-state index in [2.05, 4.69) is 5.32 Å². The fraction of sp³-hybridized carbons (Fsp3) is 0.310. The Bertz CT molecular complexity index is 1500. The molecule has 3 aromatic carbocycles. The Morgan fingerprint density at radius 3 is 2.05 bits per heavy atom. The molecule has 7 nitrogen and oxygen atoms in total. The molecule has 220 valence electrons. The molecular weight excluding hydrogens is 628 g/mol. The highest BCUT2D eigenvalue weighted by atomic mass is 35.5. The van der Waals surface area contributed by atoms with Crippen molar-refractivity contribution in [3.05, 3.63) is 91.9 Å².